The summed E-state index contributed by atoms with van der Waals surface area (Å²) in [5, 5.41) is 0. The minimum absolute atomic E-state index is 0.289. The summed E-state index contributed by atoms with van der Waals surface area (Å²) < 4.78 is 0. The Balaban J connectivity index is 2.22. The van der Waals surface area contributed by atoms with Crippen molar-refractivity contribution >= 4 is 0 Å². The van der Waals surface area contributed by atoms with Gasteiger partial charge in [0.1, 0.15) is 0 Å². The summed E-state index contributed by atoms with van der Waals surface area (Å²) in [5.74, 6) is 0.861. The Hall–Kier alpha value is -0.120. The second-order valence-corrected chi connectivity index (χ2v) is 6.65. The van der Waals surface area contributed by atoms with Crippen LogP contribution in [-0.2, 0) is 0 Å². The zero-order chi connectivity index (χ0) is 12.9. The predicted octanol–water partition coefficient (Wildman–Crippen LogP) is 1.64. The lowest BCUT2D eigenvalue weighted by atomic mass is 9.89. The van der Waals surface area contributed by atoms with Gasteiger partial charge in [-0.2, -0.15) is 0 Å². The second-order valence-electron chi connectivity index (χ2n) is 6.65. The van der Waals surface area contributed by atoms with E-state index in [1.807, 2.05) is 0 Å². The van der Waals surface area contributed by atoms with Gasteiger partial charge >= 0.3 is 0 Å². The molecule has 1 atom stereocenters. The van der Waals surface area contributed by atoms with E-state index < -0.39 is 0 Å². The SMILES string of the molecule is CN1CCCC(CN(C)CCC(C)(C)CN)C1. The number of nitrogens with zero attached hydrogens (tertiary/aromatic N) is 2. The fourth-order valence-corrected chi connectivity index (χ4v) is 2.55. The van der Waals surface area contributed by atoms with Crippen LogP contribution in [0.5, 0.6) is 0 Å². The summed E-state index contributed by atoms with van der Waals surface area (Å²) in [6, 6.07) is 0. The van der Waals surface area contributed by atoms with Crippen LogP contribution in [0.3, 0.4) is 0 Å². The molecule has 1 rings (SSSR count). The van der Waals surface area contributed by atoms with Crippen molar-refractivity contribution in [2.45, 2.75) is 33.1 Å². The maximum Gasteiger partial charge on any atom is 0.00188 e. The topological polar surface area (TPSA) is 32.5 Å². The van der Waals surface area contributed by atoms with E-state index in [4.69, 9.17) is 5.73 Å². The Morgan fingerprint density at radius 2 is 2.12 bits per heavy atom. The zero-order valence-corrected chi connectivity index (χ0v) is 12.2. The van der Waals surface area contributed by atoms with E-state index in [0.29, 0.717) is 0 Å². The van der Waals surface area contributed by atoms with Gasteiger partial charge < -0.3 is 15.5 Å². The zero-order valence-electron chi connectivity index (χ0n) is 12.2. The molecule has 0 bridgehead atoms. The van der Waals surface area contributed by atoms with Gasteiger partial charge in [-0.1, -0.05) is 13.8 Å². The van der Waals surface area contributed by atoms with Crippen LogP contribution in [0.15, 0.2) is 0 Å². The standard InChI is InChI=1S/C14H31N3/c1-14(2,12-15)7-9-17(4)11-13-6-5-8-16(3)10-13/h13H,5-12,15H2,1-4H3. The van der Waals surface area contributed by atoms with Crippen LogP contribution in [-0.4, -0.2) is 56.6 Å². The van der Waals surface area contributed by atoms with Crippen LogP contribution in [0.25, 0.3) is 0 Å². The first-order valence-corrected chi connectivity index (χ1v) is 7.00. The largest absolute Gasteiger partial charge is 0.330 e. The molecule has 0 radical (unpaired) electrons. The Bertz CT molecular complexity index is 216. The van der Waals surface area contributed by atoms with Crippen molar-refractivity contribution in [3.63, 3.8) is 0 Å². The molecule has 1 heterocycles. The lowest BCUT2D eigenvalue weighted by Crippen LogP contribution is -2.39. The highest BCUT2D eigenvalue weighted by Crippen LogP contribution is 2.20. The predicted molar refractivity (Wildman–Crippen MR) is 75.2 cm³/mol. The quantitative estimate of drug-likeness (QED) is 0.767. The van der Waals surface area contributed by atoms with Gasteiger partial charge in [0, 0.05) is 13.1 Å². The molecule has 0 spiro atoms. The molecule has 102 valence electrons. The summed E-state index contributed by atoms with van der Waals surface area (Å²) in [4.78, 5) is 4.95. The van der Waals surface area contributed by atoms with E-state index in [0.717, 1.165) is 12.5 Å². The Labute approximate surface area is 107 Å². The molecule has 1 fully saturated rings. The first kappa shape index (κ1) is 14.9. The van der Waals surface area contributed by atoms with Crippen LogP contribution in [0.4, 0.5) is 0 Å². The van der Waals surface area contributed by atoms with Crippen molar-refractivity contribution < 1.29 is 0 Å². The van der Waals surface area contributed by atoms with Crippen LogP contribution in [0.2, 0.25) is 0 Å². The molecule has 0 saturated carbocycles. The molecule has 17 heavy (non-hydrogen) atoms. The maximum atomic E-state index is 5.77. The summed E-state index contributed by atoms with van der Waals surface area (Å²) in [5.41, 5.74) is 6.06. The molecule has 1 unspecified atom stereocenters. The van der Waals surface area contributed by atoms with E-state index in [1.165, 1.54) is 45.4 Å². The maximum absolute atomic E-state index is 5.77. The normalized spacial score (nSPS) is 23.3. The smallest absolute Gasteiger partial charge is 0.00188 e. The molecule has 0 aromatic rings. The second kappa shape index (κ2) is 6.72. The minimum atomic E-state index is 0.289. The number of hydrogen-bond acceptors (Lipinski definition) is 3. The molecule has 1 aliphatic heterocycles. The summed E-state index contributed by atoms with van der Waals surface area (Å²) >= 11 is 0. The van der Waals surface area contributed by atoms with E-state index in [2.05, 4.69) is 37.7 Å². The van der Waals surface area contributed by atoms with Gasteiger partial charge in [-0.05, 0) is 64.3 Å². The summed E-state index contributed by atoms with van der Waals surface area (Å²) in [6.45, 7) is 10.3. The molecule has 0 aliphatic carbocycles. The number of hydrogen-bond donors (Lipinski definition) is 1. The van der Waals surface area contributed by atoms with Gasteiger partial charge in [0.05, 0.1) is 0 Å². The highest BCUT2D eigenvalue weighted by Gasteiger charge is 2.20. The van der Waals surface area contributed by atoms with Crippen molar-refractivity contribution in [2.75, 3.05) is 46.8 Å². The molecule has 3 heteroatoms. The molecule has 0 aromatic carbocycles. The Morgan fingerprint density at radius 1 is 1.41 bits per heavy atom. The highest BCUT2D eigenvalue weighted by molar-refractivity contribution is 4.75. The molecule has 2 N–H and O–H groups in total. The van der Waals surface area contributed by atoms with Gasteiger partial charge in [0.15, 0.2) is 0 Å². The Morgan fingerprint density at radius 3 is 2.71 bits per heavy atom. The number of nitrogens with two attached hydrogens (primary N) is 1. The van der Waals surface area contributed by atoms with E-state index >= 15 is 0 Å². The first-order chi connectivity index (χ1) is 7.93. The number of piperidine rings is 1. The first-order valence-electron chi connectivity index (χ1n) is 7.00. The highest BCUT2D eigenvalue weighted by atomic mass is 15.1. The van der Waals surface area contributed by atoms with Gasteiger partial charge in [0.2, 0.25) is 0 Å². The molecule has 3 nitrogen and oxygen atoms in total. The Kier molecular flexibility index (Phi) is 5.90. The van der Waals surface area contributed by atoms with E-state index in [9.17, 15) is 0 Å². The number of likely N-dealkylation sites (tertiary alicyclic amines) is 1. The third-order valence-corrected chi connectivity index (χ3v) is 4.01. The van der Waals surface area contributed by atoms with Crippen LogP contribution in [0.1, 0.15) is 33.1 Å². The van der Waals surface area contributed by atoms with Gasteiger partial charge in [-0.15, -0.1) is 0 Å². The van der Waals surface area contributed by atoms with E-state index in [1.54, 1.807) is 0 Å². The third-order valence-electron chi connectivity index (χ3n) is 4.01. The van der Waals surface area contributed by atoms with Gasteiger partial charge in [-0.25, -0.2) is 0 Å². The lowest BCUT2D eigenvalue weighted by Gasteiger charge is -2.33. The van der Waals surface area contributed by atoms with Crippen molar-refractivity contribution in [1.29, 1.82) is 0 Å². The van der Waals surface area contributed by atoms with Gasteiger partial charge in [-0.3, -0.25) is 0 Å². The van der Waals surface area contributed by atoms with Crippen LogP contribution >= 0.6 is 0 Å². The van der Waals surface area contributed by atoms with Gasteiger partial charge in [0.25, 0.3) is 0 Å². The molecular formula is C14H31N3. The fourth-order valence-electron chi connectivity index (χ4n) is 2.55. The third kappa shape index (κ3) is 5.84. The summed E-state index contributed by atoms with van der Waals surface area (Å²) in [6.07, 6.45) is 3.96. The van der Waals surface area contributed by atoms with Crippen molar-refractivity contribution in [3.05, 3.63) is 0 Å². The molecular weight excluding hydrogens is 210 g/mol. The summed E-state index contributed by atoms with van der Waals surface area (Å²) in [7, 11) is 4.49. The van der Waals surface area contributed by atoms with Crippen molar-refractivity contribution in [3.8, 4) is 0 Å². The molecule has 0 aromatic heterocycles. The monoisotopic (exact) mass is 241 g/mol. The van der Waals surface area contributed by atoms with Crippen molar-refractivity contribution in [1.82, 2.24) is 9.80 Å². The van der Waals surface area contributed by atoms with Crippen LogP contribution in [0, 0.1) is 11.3 Å². The average Bonchev–Trinajstić information content (AvgIpc) is 2.27. The lowest BCUT2D eigenvalue weighted by molar-refractivity contribution is 0.157. The average molecular weight is 241 g/mol. The molecule has 0 amide bonds. The number of rotatable bonds is 6. The van der Waals surface area contributed by atoms with Crippen molar-refractivity contribution in [2.24, 2.45) is 17.1 Å². The molecule has 1 aliphatic rings. The van der Waals surface area contributed by atoms with E-state index in [-0.39, 0.29) is 5.41 Å². The molecule has 1 saturated heterocycles. The fraction of sp³-hybridized carbons (Fsp3) is 1.00. The van der Waals surface area contributed by atoms with Crippen LogP contribution < -0.4 is 5.73 Å². The minimum Gasteiger partial charge on any atom is -0.330 e.